The van der Waals surface area contributed by atoms with Crippen LogP contribution in [-0.2, 0) is 13.5 Å². The highest BCUT2D eigenvalue weighted by atomic mass is 127. The van der Waals surface area contributed by atoms with Crippen molar-refractivity contribution in [3.05, 3.63) is 64.9 Å². The van der Waals surface area contributed by atoms with E-state index in [0.29, 0.717) is 0 Å². The van der Waals surface area contributed by atoms with E-state index >= 15 is 0 Å². The number of halogens is 2. The highest BCUT2D eigenvalue weighted by molar-refractivity contribution is 6.30. The van der Waals surface area contributed by atoms with Gasteiger partial charge >= 0.3 is 0 Å². The zero-order valence-corrected chi connectivity index (χ0v) is 16.8. The fourth-order valence-electron chi connectivity index (χ4n) is 2.81. The van der Waals surface area contributed by atoms with Gasteiger partial charge in [-0.15, -0.1) is 0 Å². The summed E-state index contributed by atoms with van der Waals surface area (Å²) in [5.74, 6) is 1.48. The first-order valence-corrected chi connectivity index (χ1v) is 7.77. The quantitative estimate of drug-likeness (QED) is 0.431. The van der Waals surface area contributed by atoms with Crippen molar-refractivity contribution in [3.8, 4) is 11.5 Å². The third-order valence-electron chi connectivity index (χ3n) is 3.91. The van der Waals surface area contributed by atoms with Gasteiger partial charge in [-0.3, -0.25) is 0 Å². The van der Waals surface area contributed by atoms with Gasteiger partial charge in [0.05, 0.1) is 14.2 Å². The molecule has 0 spiro atoms. The largest absolute Gasteiger partial charge is 1.00 e. The van der Waals surface area contributed by atoms with Crippen LogP contribution in [0.1, 0.15) is 11.1 Å². The average molecular weight is 456 g/mol. The van der Waals surface area contributed by atoms with Crippen molar-refractivity contribution in [1.82, 2.24) is 0 Å². The number of pyridine rings is 1. The molecule has 0 atom stereocenters. The summed E-state index contributed by atoms with van der Waals surface area (Å²) in [6.45, 7) is 0. The summed E-state index contributed by atoms with van der Waals surface area (Å²) in [5.41, 5.74) is 2.45. The Morgan fingerprint density at radius 2 is 1.58 bits per heavy atom. The van der Waals surface area contributed by atoms with Gasteiger partial charge in [-0.2, -0.15) is 0 Å². The first kappa shape index (κ1) is 18.8. The number of methoxy groups -OCH3 is 2. The molecule has 3 nitrogen and oxygen atoms in total. The van der Waals surface area contributed by atoms with Crippen LogP contribution in [0.2, 0.25) is 5.02 Å². The Bertz CT molecular complexity index is 850. The molecule has 0 saturated heterocycles. The lowest BCUT2D eigenvalue weighted by Gasteiger charge is -2.11. The second-order valence-electron chi connectivity index (χ2n) is 5.55. The number of rotatable bonds is 4. The molecule has 0 aliphatic carbocycles. The third-order valence-corrected chi connectivity index (χ3v) is 4.16. The van der Waals surface area contributed by atoms with E-state index < -0.39 is 0 Å². The van der Waals surface area contributed by atoms with E-state index in [-0.39, 0.29) is 24.0 Å². The lowest BCUT2D eigenvalue weighted by Crippen LogP contribution is -3.00. The Balaban J connectivity index is 0.00000208. The number of aryl methyl sites for hydroxylation is 1. The lowest BCUT2D eigenvalue weighted by atomic mass is 10.0. The molecular formula is C19H19ClINO2. The van der Waals surface area contributed by atoms with Crippen LogP contribution >= 0.6 is 11.6 Å². The Morgan fingerprint density at radius 1 is 0.958 bits per heavy atom. The predicted octanol–water partition coefficient (Wildman–Crippen LogP) is 0.930. The number of nitrogens with zero attached hydrogens (tertiary/aromatic N) is 1. The zero-order valence-electron chi connectivity index (χ0n) is 13.8. The lowest BCUT2D eigenvalue weighted by molar-refractivity contribution is -0.670. The molecule has 24 heavy (non-hydrogen) atoms. The second-order valence-corrected chi connectivity index (χ2v) is 5.98. The molecule has 1 heterocycles. The molecule has 2 aromatic carbocycles. The van der Waals surface area contributed by atoms with Gasteiger partial charge < -0.3 is 33.5 Å². The Morgan fingerprint density at radius 3 is 2.21 bits per heavy atom. The summed E-state index contributed by atoms with van der Waals surface area (Å²) in [6.07, 6.45) is 5.06. The van der Waals surface area contributed by atoms with Crippen LogP contribution in [0.3, 0.4) is 0 Å². The fraction of sp³-hybridized carbons (Fsp3) is 0.211. The van der Waals surface area contributed by atoms with Gasteiger partial charge in [0, 0.05) is 27.8 Å². The van der Waals surface area contributed by atoms with Crippen molar-refractivity contribution in [2.24, 2.45) is 7.05 Å². The Labute approximate surface area is 164 Å². The van der Waals surface area contributed by atoms with Gasteiger partial charge in [0.2, 0.25) is 0 Å². The van der Waals surface area contributed by atoms with Gasteiger partial charge in [0.1, 0.15) is 7.05 Å². The topological polar surface area (TPSA) is 22.3 Å². The molecule has 0 N–H and O–H groups in total. The summed E-state index contributed by atoms with van der Waals surface area (Å²) >= 11 is 5.97. The predicted molar refractivity (Wildman–Crippen MR) is 92.5 cm³/mol. The van der Waals surface area contributed by atoms with Crippen LogP contribution in [0.5, 0.6) is 11.5 Å². The summed E-state index contributed by atoms with van der Waals surface area (Å²) in [5, 5.41) is 3.04. The standard InChI is InChI=1S/C19H19ClNO2.HI/c1-21-11-14(8-13-4-6-16(20)7-5-13)17-10-19(23-3)18(22-2)9-15(17)12-21;/h4-7,9-12H,8H2,1-3H3;1H/q+1;/p-1. The van der Waals surface area contributed by atoms with Crippen molar-refractivity contribution >= 4 is 22.4 Å². The minimum Gasteiger partial charge on any atom is -1.00 e. The smallest absolute Gasteiger partial charge is 0.176 e. The normalized spacial score (nSPS) is 10.3. The van der Waals surface area contributed by atoms with E-state index in [9.17, 15) is 0 Å². The third kappa shape index (κ3) is 3.92. The van der Waals surface area contributed by atoms with Gasteiger partial charge in [-0.1, -0.05) is 23.7 Å². The van der Waals surface area contributed by atoms with E-state index in [1.165, 1.54) is 11.1 Å². The van der Waals surface area contributed by atoms with Gasteiger partial charge in [-0.25, -0.2) is 4.57 Å². The monoisotopic (exact) mass is 455 g/mol. The molecule has 0 aliphatic rings. The molecule has 0 aliphatic heterocycles. The van der Waals surface area contributed by atoms with Crippen molar-refractivity contribution in [2.45, 2.75) is 6.42 Å². The second kappa shape index (κ2) is 8.03. The Kier molecular flexibility index (Phi) is 6.29. The van der Waals surface area contributed by atoms with Gasteiger partial charge in [0.25, 0.3) is 0 Å². The summed E-state index contributed by atoms with van der Waals surface area (Å²) in [4.78, 5) is 0. The Hall–Kier alpha value is -1.53. The van der Waals surface area contributed by atoms with Crippen molar-refractivity contribution in [3.63, 3.8) is 0 Å². The number of benzene rings is 2. The van der Waals surface area contributed by atoms with Crippen LogP contribution in [-0.4, -0.2) is 14.2 Å². The van der Waals surface area contributed by atoms with Crippen LogP contribution in [0.15, 0.2) is 48.8 Å². The average Bonchev–Trinajstić information content (AvgIpc) is 2.55. The van der Waals surface area contributed by atoms with E-state index in [1.54, 1.807) is 14.2 Å². The molecular weight excluding hydrogens is 437 g/mol. The summed E-state index contributed by atoms with van der Waals surface area (Å²) < 4.78 is 12.9. The summed E-state index contributed by atoms with van der Waals surface area (Å²) in [6, 6.07) is 12.0. The van der Waals surface area contributed by atoms with Crippen molar-refractivity contribution < 1.29 is 38.0 Å². The van der Waals surface area contributed by atoms with Crippen molar-refractivity contribution in [1.29, 1.82) is 0 Å². The van der Waals surface area contributed by atoms with E-state index in [2.05, 4.69) is 29.1 Å². The molecule has 0 amide bonds. The van der Waals surface area contributed by atoms with Crippen molar-refractivity contribution in [2.75, 3.05) is 14.2 Å². The maximum Gasteiger partial charge on any atom is 0.176 e. The molecule has 0 saturated carbocycles. The van der Waals surface area contributed by atoms with E-state index in [1.807, 2.05) is 31.3 Å². The number of hydrogen-bond acceptors (Lipinski definition) is 2. The molecule has 0 fully saturated rings. The molecule has 5 heteroatoms. The minimum absolute atomic E-state index is 0. The first-order valence-electron chi connectivity index (χ1n) is 7.39. The molecule has 3 rings (SSSR count). The number of ether oxygens (including phenoxy) is 2. The highest BCUT2D eigenvalue weighted by Crippen LogP contribution is 2.33. The number of aromatic nitrogens is 1. The number of hydrogen-bond donors (Lipinski definition) is 0. The molecule has 0 unspecified atom stereocenters. The molecule has 3 aromatic rings. The van der Waals surface area contributed by atoms with E-state index in [0.717, 1.165) is 33.7 Å². The fourth-order valence-corrected chi connectivity index (χ4v) is 2.94. The number of fused-ring (bicyclic) bond motifs is 1. The summed E-state index contributed by atoms with van der Waals surface area (Å²) in [7, 11) is 5.34. The van der Waals surface area contributed by atoms with Crippen LogP contribution in [0.4, 0.5) is 0 Å². The highest BCUT2D eigenvalue weighted by Gasteiger charge is 2.13. The molecule has 0 radical (unpaired) electrons. The SMILES string of the molecule is COc1cc2c[n+](C)cc(Cc3ccc(Cl)cc3)c2cc1OC.[I-]. The molecule has 1 aromatic heterocycles. The maximum atomic E-state index is 5.97. The first-order chi connectivity index (χ1) is 11.1. The minimum atomic E-state index is 0. The van der Waals surface area contributed by atoms with Crippen LogP contribution in [0.25, 0.3) is 10.8 Å². The van der Waals surface area contributed by atoms with Gasteiger partial charge in [0.15, 0.2) is 23.9 Å². The maximum absolute atomic E-state index is 5.97. The molecule has 0 bridgehead atoms. The zero-order chi connectivity index (χ0) is 16.4. The molecule has 126 valence electrons. The van der Waals surface area contributed by atoms with Crippen LogP contribution in [0, 0.1) is 0 Å². The van der Waals surface area contributed by atoms with Crippen LogP contribution < -0.4 is 38.0 Å². The van der Waals surface area contributed by atoms with Gasteiger partial charge in [-0.05, 0) is 29.8 Å². The van der Waals surface area contributed by atoms with E-state index in [4.69, 9.17) is 21.1 Å².